The van der Waals surface area contributed by atoms with Crippen LogP contribution in [0, 0.1) is 5.92 Å². The van der Waals surface area contributed by atoms with Crippen LogP contribution in [0.15, 0.2) is 41.8 Å². The van der Waals surface area contributed by atoms with Crippen LogP contribution in [0.25, 0.3) is 0 Å². The van der Waals surface area contributed by atoms with Crippen LogP contribution in [0.4, 0.5) is 0 Å². The molecule has 1 unspecified atom stereocenters. The topological polar surface area (TPSA) is 12.0 Å². The fourth-order valence-corrected chi connectivity index (χ4v) is 4.45. The van der Waals surface area contributed by atoms with Crippen molar-refractivity contribution < 1.29 is 0 Å². The zero-order valence-electron chi connectivity index (χ0n) is 12.8. The summed E-state index contributed by atoms with van der Waals surface area (Å²) in [6.45, 7) is 3.23. The smallest absolute Gasteiger partial charge is 0.0446 e. The Morgan fingerprint density at radius 3 is 2.52 bits per heavy atom. The average Bonchev–Trinajstić information content (AvgIpc) is 3.22. The van der Waals surface area contributed by atoms with Gasteiger partial charge in [-0.05, 0) is 47.8 Å². The van der Waals surface area contributed by atoms with E-state index in [4.69, 9.17) is 0 Å². The zero-order valence-corrected chi connectivity index (χ0v) is 13.7. The van der Waals surface area contributed by atoms with Gasteiger partial charge in [0.25, 0.3) is 0 Å². The average molecular weight is 299 g/mol. The minimum absolute atomic E-state index is 0.539. The van der Waals surface area contributed by atoms with Crippen LogP contribution in [0.1, 0.15) is 54.7 Å². The van der Waals surface area contributed by atoms with Crippen LogP contribution in [0.3, 0.4) is 0 Å². The van der Waals surface area contributed by atoms with Gasteiger partial charge in [0, 0.05) is 17.5 Å². The molecule has 0 spiro atoms. The van der Waals surface area contributed by atoms with Crippen molar-refractivity contribution in [3.8, 4) is 0 Å². The maximum absolute atomic E-state index is 3.87. The van der Waals surface area contributed by atoms with E-state index in [1.54, 1.807) is 0 Å². The van der Waals surface area contributed by atoms with Gasteiger partial charge in [0.05, 0.1) is 0 Å². The third-order valence-electron chi connectivity index (χ3n) is 4.73. The summed E-state index contributed by atoms with van der Waals surface area (Å²) in [7, 11) is 0. The van der Waals surface area contributed by atoms with E-state index in [0.717, 1.165) is 18.9 Å². The van der Waals surface area contributed by atoms with E-state index in [2.05, 4.69) is 54.0 Å². The number of hydrogen-bond acceptors (Lipinski definition) is 2. The lowest BCUT2D eigenvalue weighted by atomic mass is 9.96. The molecule has 0 radical (unpaired) electrons. The first-order chi connectivity index (χ1) is 10.4. The Bertz CT molecular complexity index is 540. The van der Waals surface area contributed by atoms with Crippen molar-refractivity contribution in [3.05, 3.63) is 57.8 Å². The molecule has 1 N–H and O–H groups in total. The Kier molecular flexibility index (Phi) is 5.10. The molecule has 112 valence electrons. The van der Waals surface area contributed by atoms with Crippen LogP contribution in [0.5, 0.6) is 0 Å². The number of benzene rings is 1. The highest BCUT2D eigenvalue weighted by Gasteiger charge is 2.26. The second-order valence-corrected chi connectivity index (χ2v) is 7.02. The Hall–Kier alpha value is -1.12. The van der Waals surface area contributed by atoms with Gasteiger partial charge in [-0.2, -0.15) is 0 Å². The Labute approximate surface area is 132 Å². The summed E-state index contributed by atoms with van der Waals surface area (Å²) in [6, 6.07) is 13.9. The molecular weight excluding hydrogens is 274 g/mol. The third-order valence-corrected chi connectivity index (χ3v) is 5.69. The molecule has 1 saturated carbocycles. The maximum Gasteiger partial charge on any atom is 0.0446 e. The summed E-state index contributed by atoms with van der Waals surface area (Å²) in [4.78, 5) is 1.51. The summed E-state index contributed by atoms with van der Waals surface area (Å²) >= 11 is 1.90. The van der Waals surface area contributed by atoms with Crippen molar-refractivity contribution in [3.63, 3.8) is 0 Å². The molecule has 1 nitrogen and oxygen atoms in total. The third kappa shape index (κ3) is 3.56. The fraction of sp³-hybridized carbons (Fsp3) is 0.474. The SMILES string of the molecule is CCc1ccccc1CNC(c1cccs1)C1CCCC1. The molecule has 1 aromatic heterocycles. The van der Waals surface area contributed by atoms with Crippen LogP contribution in [-0.4, -0.2) is 0 Å². The van der Waals surface area contributed by atoms with Crippen LogP contribution in [-0.2, 0) is 13.0 Å². The van der Waals surface area contributed by atoms with Crippen molar-refractivity contribution in [2.24, 2.45) is 5.92 Å². The molecule has 0 amide bonds. The first-order valence-corrected chi connectivity index (χ1v) is 9.10. The fourth-order valence-electron chi connectivity index (χ4n) is 3.55. The highest BCUT2D eigenvalue weighted by atomic mass is 32.1. The van der Waals surface area contributed by atoms with Crippen molar-refractivity contribution >= 4 is 11.3 Å². The normalized spacial score (nSPS) is 17.2. The van der Waals surface area contributed by atoms with Gasteiger partial charge in [-0.15, -0.1) is 11.3 Å². The number of aryl methyl sites for hydroxylation is 1. The molecule has 0 saturated heterocycles. The number of hydrogen-bond donors (Lipinski definition) is 1. The van der Waals surface area contributed by atoms with Gasteiger partial charge in [-0.3, -0.25) is 0 Å². The zero-order chi connectivity index (χ0) is 14.5. The van der Waals surface area contributed by atoms with Gasteiger partial charge >= 0.3 is 0 Å². The Balaban J connectivity index is 1.72. The molecule has 1 atom stereocenters. The Morgan fingerprint density at radius 1 is 1.10 bits per heavy atom. The summed E-state index contributed by atoms with van der Waals surface area (Å²) in [5.74, 6) is 0.817. The quantitative estimate of drug-likeness (QED) is 0.760. The van der Waals surface area contributed by atoms with E-state index >= 15 is 0 Å². The molecule has 0 bridgehead atoms. The van der Waals surface area contributed by atoms with Crippen LogP contribution < -0.4 is 5.32 Å². The molecule has 1 aliphatic rings. The predicted molar refractivity (Wildman–Crippen MR) is 91.7 cm³/mol. The number of rotatable bonds is 6. The van der Waals surface area contributed by atoms with Gasteiger partial charge in [-0.25, -0.2) is 0 Å². The monoisotopic (exact) mass is 299 g/mol. The van der Waals surface area contributed by atoms with E-state index in [-0.39, 0.29) is 0 Å². The second-order valence-electron chi connectivity index (χ2n) is 6.04. The largest absolute Gasteiger partial charge is 0.305 e. The van der Waals surface area contributed by atoms with Crippen LogP contribution >= 0.6 is 11.3 Å². The molecule has 1 aliphatic carbocycles. The minimum Gasteiger partial charge on any atom is -0.305 e. The first kappa shape index (κ1) is 14.8. The first-order valence-electron chi connectivity index (χ1n) is 8.22. The summed E-state index contributed by atoms with van der Waals surface area (Å²) < 4.78 is 0. The summed E-state index contributed by atoms with van der Waals surface area (Å²) in [6.07, 6.45) is 6.68. The van der Waals surface area contributed by atoms with E-state index in [1.807, 2.05) is 11.3 Å². The van der Waals surface area contributed by atoms with Crippen molar-refractivity contribution in [1.82, 2.24) is 5.32 Å². The number of nitrogens with one attached hydrogen (secondary N) is 1. The second kappa shape index (κ2) is 7.24. The molecule has 21 heavy (non-hydrogen) atoms. The molecule has 2 aromatic rings. The molecule has 2 heteroatoms. The molecule has 3 rings (SSSR count). The summed E-state index contributed by atoms with van der Waals surface area (Å²) in [5.41, 5.74) is 2.93. The van der Waals surface area contributed by atoms with E-state index < -0.39 is 0 Å². The van der Waals surface area contributed by atoms with E-state index in [9.17, 15) is 0 Å². The standard InChI is InChI=1S/C19H25NS/c1-2-15-8-3-6-11-17(15)14-20-19(16-9-4-5-10-16)18-12-7-13-21-18/h3,6-8,11-13,16,19-20H,2,4-5,9-10,14H2,1H3. The molecule has 1 fully saturated rings. The van der Waals surface area contributed by atoms with Gasteiger partial charge < -0.3 is 5.32 Å². The van der Waals surface area contributed by atoms with Gasteiger partial charge in [0.15, 0.2) is 0 Å². The maximum atomic E-state index is 3.87. The lowest BCUT2D eigenvalue weighted by Gasteiger charge is -2.24. The lowest BCUT2D eigenvalue weighted by Crippen LogP contribution is -2.26. The predicted octanol–water partition coefficient (Wildman–Crippen LogP) is 5.33. The van der Waals surface area contributed by atoms with Gasteiger partial charge in [0.2, 0.25) is 0 Å². The molecular formula is C19H25NS. The van der Waals surface area contributed by atoms with Crippen molar-refractivity contribution in [2.45, 2.75) is 51.6 Å². The van der Waals surface area contributed by atoms with Crippen molar-refractivity contribution in [2.75, 3.05) is 0 Å². The van der Waals surface area contributed by atoms with E-state index in [0.29, 0.717) is 6.04 Å². The van der Waals surface area contributed by atoms with Gasteiger partial charge in [0.1, 0.15) is 0 Å². The molecule has 0 aliphatic heterocycles. The van der Waals surface area contributed by atoms with Crippen molar-refractivity contribution in [1.29, 1.82) is 0 Å². The lowest BCUT2D eigenvalue weighted by molar-refractivity contribution is 0.370. The molecule has 1 heterocycles. The number of thiophene rings is 1. The highest BCUT2D eigenvalue weighted by Crippen LogP contribution is 2.37. The molecule has 1 aromatic carbocycles. The van der Waals surface area contributed by atoms with E-state index in [1.165, 1.54) is 41.7 Å². The minimum atomic E-state index is 0.539. The highest BCUT2D eigenvalue weighted by molar-refractivity contribution is 7.10. The van der Waals surface area contributed by atoms with Gasteiger partial charge in [-0.1, -0.05) is 50.1 Å². The van der Waals surface area contributed by atoms with Crippen LogP contribution in [0.2, 0.25) is 0 Å². The Morgan fingerprint density at radius 2 is 1.86 bits per heavy atom. The summed E-state index contributed by atoms with van der Waals surface area (Å²) in [5, 5.41) is 6.07.